The van der Waals surface area contributed by atoms with E-state index in [-0.39, 0.29) is 0 Å². The Hall–Kier alpha value is -1.52. The first-order valence-corrected chi connectivity index (χ1v) is 6.45. The van der Waals surface area contributed by atoms with Crippen LogP contribution in [0.2, 0.25) is 5.15 Å². The average Bonchev–Trinajstić information content (AvgIpc) is 2.39. The van der Waals surface area contributed by atoms with Gasteiger partial charge in [-0.3, -0.25) is 4.98 Å². The van der Waals surface area contributed by atoms with E-state index >= 15 is 0 Å². The van der Waals surface area contributed by atoms with Crippen molar-refractivity contribution < 1.29 is 0 Å². The number of benzene rings is 1. The molecule has 0 atom stereocenters. The van der Waals surface area contributed by atoms with Crippen LogP contribution >= 0.6 is 27.5 Å². The molecule has 18 heavy (non-hydrogen) atoms. The predicted molar refractivity (Wildman–Crippen MR) is 75.5 cm³/mol. The van der Waals surface area contributed by atoms with Gasteiger partial charge in [-0.05, 0) is 24.3 Å². The number of pyridine rings is 1. The van der Waals surface area contributed by atoms with Gasteiger partial charge in [0, 0.05) is 27.8 Å². The molecule has 0 fully saturated rings. The van der Waals surface area contributed by atoms with E-state index < -0.39 is 0 Å². The Bertz CT molecular complexity index is 730. The minimum absolute atomic E-state index is 0.423. The number of fused-ring (bicyclic) bond motifs is 1. The molecule has 2 heterocycles. The van der Waals surface area contributed by atoms with Gasteiger partial charge in [0.05, 0.1) is 5.52 Å². The summed E-state index contributed by atoms with van der Waals surface area (Å²) >= 11 is 9.41. The quantitative estimate of drug-likeness (QED) is 0.633. The maximum atomic E-state index is 5.90. The second-order valence-corrected chi connectivity index (χ2v) is 4.94. The molecule has 0 saturated heterocycles. The molecule has 0 unspecified atom stereocenters. The molecule has 0 aliphatic carbocycles. The Labute approximate surface area is 117 Å². The highest BCUT2D eigenvalue weighted by atomic mass is 79.9. The molecule has 5 heteroatoms. The number of hydrogen-bond acceptors (Lipinski definition) is 3. The van der Waals surface area contributed by atoms with Gasteiger partial charge in [0.1, 0.15) is 5.15 Å². The fourth-order valence-electron chi connectivity index (χ4n) is 1.78. The number of nitrogens with zero attached hydrogens (tertiary/aromatic N) is 3. The van der Waals surface area contributed by atoms with Crippen molar-refractivity contribution in [3.05, 3.63) is 52.4 Å². The fourth-order valence-corrected chi connectivity index (χ4v) is 2.37. The molecule has 0 amide bonds. The summed E-state index contributed by atoms with van der Waals surface area (Å²) in [6, 6.07) is 9.45. The lowest BCUT2D eigenvalue weighted by Gasteiger charge is -2.06. The van der Waals surface area contributed by atoms with Crippen LogP contribution in [-0.4, -0.2) is 15.0 Å². The SMILES string of the molecule is Clc1ccnc(-c2ccc(Br)c3cccnc23)n1. The summed E-state index contributed by atoms with van der Waals surface area (Å²) < 4.78 is 0.997. The van der Waals surface area contributed by atoms with Crippen molar-refractivity contribution in [1.29, 1.82) is 0 Å². The molecule has 0 bridgehead atoms. The van der Waals surface area contributed by atoms with Gasteiger partial charge in [0.25, 0.3) is 0 Å². The Morgan fingerprint density at radius 2 is 1.89 bits per heavy atom. The van der Waals surface area contributed by atoms with Crippen molar-refractivity contribution in [2.24, 2.45) is 0 Å². The molecular formula is C13H7BrClN3. The van der Waals surface area contributed by atoms with Crippen molar-refractivity contribution in [2.75, 3.05) is 0 Å². The lowest BCUT2D eigenvalue weighted by molar-refractivity contribution is 1.18. The lowest BCUT2D eigenvalue weighted by atomic mass is 10.1. The normalized spacial score (nSPS) is 10.8. The van der Waals surface area contributed by atoms with E-state index in [0.717, 1.165) is 20.9 Å². The molecule has 88 valence electrons. The van der Waals surface area contributed by atoms with Crippen molar-refractivity contribution >= 4 is 38.4 Å². The molecule has 1 aromatic carbocycles. The minimum Gasteiger partial charge on any atom is -0.255 e. The number of hydrogen-bond donors (Lipinski definition) is 0. The van der Waals surface area contributed by atoms with E-state index in [0.29, 0.717) is 11.0 Å². The summed E-state index contributed by atoms with van der Waals surface area (Å²) in [4.78, 5) is 12.9. The standard InChI is InChI=1S/C13H7BrClN3/c14-10-4-3-9(12-8(10)2-1-6-16-12)13-17-7-5-11(15)18-13/h1-7H. The summed E-state index contributed by atoms with van der Waals surface area (Å²) in [7, 11) is 0. The molecule has 2 aromatic heterocycles. The second kappa shape index (κ2) is 4.63. The average molecular weight is 321 g/mol. The van der Waals surface area contributed by atoms with Crippen LogP contribution in [0.3, 0.4) is 0 Å². The number of halogens is 2. The Kier molecular flexibility index (Phi) is 2.97. The highest BCUT2D eigenvalue weighted by Crippen LogP contribution is 2.30. The largest absolute Gasteiger partial charge is 0.255 e. The highest BCUT2D eigenvalue weighted by Gasteiger charge is 2.09. The van der Waals surface area contributed by atoms with Crippen molar-refractivity contribution in [3.63, 3.8) is 0 Å². The predicted octanol–water partition coefficient (Wildman–Crippen LogP) is 4.11. The van der Waals surface area contributed by atoms with Crippen LogP contribution in [0.5, 0.6) is 0 Å². The van der Waals surface area contributed by atoms with Gasteiger partial charge < -0.3 is 0 Å². The summed E-state index contributed by atoms with van der Waals surface area (Å²) in [6.45, 7) is 0. The zero-order valence-corrected chi connectivity index (χ0v) is 11.5. The minimum atomic E-state index is 0.423. The van der Waals surface area contributed by atoms with E-state index in [4.69, 9.17) is 11.6 Å². The monoisotopic (exact) mass is 319 g/mol. The highest BCUT2D eigenvalue weighted by molar-refractivity contribution is 9.10. The Morgan fingerprint density at radius 3 is 2.72 bits per heavy atom. The van der Waals surface area contributed by atoms with E-state index in [1.54, 1.807) is 18.5 Å². The molecule has 0 N–H and O–H groups in total. The van der Waals surface area contributed by atoms with E-state index in [2.05, 4.69) is 30.9 Å². The van der Waals surface area contributed by atoms with Gasteiger partial charge in [-0.25, -0.2) is 9.97 Å². The summed E-state index contributed by atoms with van der Waals surface area (Å²) in [5, 5.41) is 1.45. The van der Waals surface area contributed by atoms with Gasteiger partial charge in [-0.15, -0.1) is 0 Å². The van der Waals surface area contributed by atoms with E-state index in [1.165, 1.54) is 0 Å². The zero-order valence-electron chi connectivity index (χ0n) is 9.14. The van der Waals surface area contributed by atoms with Crippen LogP contribution in [-0.2, 0) is 0 Å². The maximum Gasteiger partial charge on any atom is 0.163 e. The van der Waals surface area contributed by atoms with Crippen LogP contribution in [0.25, 0.3) is 22.3 Å². The molecule has 0 radical (unpaired) electrons. The molecule has 0 aliphatic rings. The number of aromatic nitrogens is 3. The van der Waals surface area contributed by atoms with Gasteiger partial charge in [0.15, 0.2) is 5.82 Å². The third-order valence-corrected chi connectivity index (χ3v) is 3.48. The molecule has 3 rings (SSSR count). The van der Waals surface area contributed by atoms with Gasteiger partial charge in [-0.2, -0.15) is 0 Å². The Morgan fingerprint density at radius 1 is 1.00 bits per heavy atom. The van der Waals surface area contributed by atoms with Gasteiger partial charge >= 0.3 is 0 Å². The van der Waals surface area contributed by atoms with Crippen molar-refractivity contribution in [1.82, 2.24) is 15.0 Å². The number of rotatable bonds is 1. The molecule has 0 spiro atoms. The maximum absolute atomic E-state index is 5.90. The van der Waals surface area contributed by atoms with Crippen molar-refractivity contribution in [3.8, 4) is 11.4 Å². The molecule has 3 nitrogen and oxygen atoms in total. The van der Waals surface area contributed by atoms with E-state index in [9.17, 15) is 0 Å². The van der Waals surface area contributed by atoms with Crippen LogP contribution in [0.15, 0.2) is 47.2 Å². The Balaban J connectivity index is 2.33. The summed E-state index contributed by atoms with van der Waals surface area (Å²) in [5.74, 6) is 0.582. The molecular weight excluding hydrogens is 314 g/mol. The summed E-state index contributed by atoms with van der Waals surface area (Å²) in [6.07, 6.45) is 3.39. The second-order valence-electron chi connectivity index (χ2n) is 3.70. The van der Waals surface area contributed by atoms with E-state index in [1.807, 2.05) is 24.3 Å². The fraction of sp³-hybridized carbons (Fsp3) is 0. The topological polar surface area (TPSA) is 38.7 Å². The smallest absolute Gasteiger partial charge is 0.163 e. The summed E-state index contributed by atoms with van der Waals surface area (Å²) in [5.41, 5.74) is 1.73. The van der Waals surface area contributed by atoms with Crippen LogP contribution in [0.1, 0.15) is 0 Å². The third-order valence-electron chi connectivity index (χ3n) is 2.58. The van der Waals surface area contributed by atoms with Crippen molar-refractivity contribution in [2.45, 2.75) is 0 Å². The van der Waals surface area contributed by atoms with Crippen LogP contribution in [0, 0.1) is 0 Å². The first kappa shape index (κ1) is 11.6. The molecule has 0 aliphatic heterocycles. The molecule has 3 aromatic rings. The lowest BCUT2D eigenvalue weighted by Crippen LogP contribution is -1.91. The molecule has 0 saturated carbocycles. The zero-order chi connectivity index (χ0) is 12.5. The first-order chi connectivity index (χ1) is 8.75. The van der Waals surface area contributed by atoms with Crippen LogP contribution in [0.4, 0.5) is 0 Å². The van der Waals surface area contributed by atoms with Gasteiger partial charge in [0.2, 0.25) is 0 Å². The third kappa shape index (κ3) is 1.98. The van der Waals surface area contributed by atoms with Crippen LogP contribution < -0.4 is 0 Å². The first-order valence-electron chi connectivity index (χ1n) is 5.28. The van der Waals surface area contributed by atoms with Gasteiger partial charge in [-0.1, -0.05) is 33.6 Å².